The predicted octanol–water partition coefficient (Wildman–Crippen LogP) is 2.85. The summed E-state index contributed by atoms with van der Waals surface area (Å²) in [4.78, 5) is 0. The van der Waals surface area contributed by atoms with Crippen molar-refractivity contribution in [1.29, 1.82) is 0 Å². The molecule has 3 aromatic rings. The van der Waals surface area contributed by atoms with Gasteiger partial charge in [0.1, 0.15) is 11.9 Å². The number of nitrogens with zero attached hydrogens (tertiary/aromatic N) is 2. The number of hydrogen-bond donors (Lipinski definition) is 0. The monoisotopic (exact) mass is 237 g/mol. The van der Waals surface area contributed by atoms with Crippen LogP contribution in [0.2, 0.25) is 0 Å². The third-order valence-electron chi connectivity index (χ3n) is 2.84. The molecule has 0 saturated heterocycles. The van der Waals surface area contributed by atoms with Gasteiger partial charge in [0.25, 0.3) is 0 Å². The molecule has 1 aromatic heterocycles. The van der Waals surface area contributed by atoms with E-state index in [0.717, 1.165) is 22.4 Å². The zero-order valence-corrected chi connectivity index (χ0v) is 10.1. The van der Waals surface area contributed by atoms with Crippen molar-refractivity contribution in [2.75, 3.05) is 0 Å². The minimum absolute atomic E-state index is 0.773. The van der Waals surface area contributed by atoms with Gasteiger partial charge < -0.3 is 4.74 Å². The second-order valence-electron chi connectivity index (χ2n) is 4.06. The molecular formula is C15H13N2O+. The van der Waals surface area contributed by atoms with E-state index in [4.69, 9.17) is 4.74 Å². The molecule has 0 amide bonds. The summed E-state index contributed by atoms with van der Waals surface area (Å²) in [7, 11) is 1.93. The molecule has 2 aromatic carbocycles. The lowest BCUT2D eigenvalue weighted by Crippen LogP contribution is -2.33. The third-order valence-corrected chi connectivity index (χ3v) is 2.84. The molecule has 18 heavy (non-hydrogen) atoms. The number of para-hydroxylation sites is 2. The van der Waals surface area contributed by atoms with Crippen LogP contribution in [-0.2, 0) is 7.05 Å². The standard InChI is InChI=1S/C15H13N2O/c1-17-14-10-6-5-9-13(14)15(11-16-17)18-12-7-3-2-4-8-12/h2-11H,1H3/q+1. The fraction of sp³-hybridized carbons (Fsp3) is 0.0667. The first kappa shape index (κ1) is 10.7. The van der Waals surface area contributed by atoms with E-state index in [1.165, 1.54) is 0 Å². The number of aryl methyl sites for hydroxylation is 1. The van der Waals surface area contributed by atoms with Crippen molar-refractivity contribution < 1.29 is 9.42 Å². The largest absolute Gasteiger partial charge is 0.455 e. The van der Waals surface area contributed by atoms with Crippen molar-refractivity contribution in [2.45, 2.75) is 0 Å². The maximum atomic E-state index is 5.87. The SMILES string of the molecule is C[n+]1ncc(Oc2ccccc2)c2ccccc21. The van der Waals surface area contributed by atoms with Gasteiger partial charge in [0.15, 0.2) is 12.8 Å². The van der Waals surface area contributed by atoms with Gasteiger partial charge >= 0.3 is 0 Å². The molecular weight excluding hydrogens is 224 g/mol. The first-order valence-corrected chi connectivity index (χ1v) is 5.81. The lowest BCUT2D eigenvalue weighted by molar-refractivity contribution is -0.705. The number of aromatic nitrogens is 2. The number of hydrogen-bond acceptors (Lipinski definition) is 2. The number of benzene rings is 2. The molecule has 0 unspecified atom stereocenters. The number of fused-ring (bicyclic) bond motifs is 1. The summed E-state index contributed by atoms with van der Waals surface area (Å²) in [5.74, 6) is 1.59. The first-order valence-electron chi connectivity index (χ1n) is 5.81. The van der Waals surface area contributed by atoms with Gasteiger partial charge in [0, 0.05) is 6.07 Å². The fourth-order valence-electron chi connectivity index (χ4n) is 1.93. The molecule has 0 fully saturated rings. The molecule has 88 valence electrons. The van der Waals surface area contributed by atoms with Crippen LogP contribution in [-0.4, -0.2) is 5.10 Å². The van der Waals surface area contributed by atoms with E-state index in [9.17, 15) is 0 Å². The molecule has 3 nitrogen and oxygen atoms in total. The Balaban J connectivity index is 2.10. The highest BCUT2D eigenvalue weighted by atomic mass is 16.5. The lowest BCUT2D eigenvalue weighted by atomic mass is 10.2. The molecule has 0 aliphatic carbocycles. The molecule has 0 aliphatic heterocycles. The average molecular weight is 237 g/mol. The minimum Gasteiger partial charge on any atom is -0.455 e. The van der Waals surface area contributed by atoms with Crippen molar-refractivity contribution in [3.8, 4) is 11.5 Å². The van der Waals surface area contributed by atoms with Crippen molar-refractivity contribution in [3.05, 3.63) is 60.8 Å². The summed E-state index contributed by atoms with van der Waals surface area (Å²) >= 11 is 0. The molecule has 1 heterocycles. The minimum atomic E-state index is 0.773. The van der Waals surface area contributed by atoms with Crippen molar-refractivity contribution in [1.82, 2.24) is 5.10 Å². The Bertz CT molecular complexity index is 680. The van der Waals surface area contributed by atoms with Gasteiger partial charge in [-0.05, 0) is 23.3 Å². The Hall–Kier alpha value is -2.42. The zero-order chi connectivity index (χ0) is 12.4. The third kappa shape index (κ3) is 1.91. The summed E-state index contributed by atoms with van der Waals surface area (Å²) in [5, 5.41) is 5.35. The molecule has 0 saturated carbocycles. The van der Waals surface area contributed by atoms with E-state index in [-0.39, 0.29) is 0 Å². The first-order chi connectivity index (χ1) is 8.84. The Morgan fingerprint density at radius 1 is 0.944 bits per heavy atom. The van der Waals surface area contributed by atoms with E-state index in [1.54, 1.807) is 6.20 Å². The Kier molecular flexibility index (Phi) is 2.65. The van der Waals surface area contributed by atoms with Crippen LogP contribution < -0.4 is 9.42 Å². The van der Waals surface area contributed by atoms with Crippen LogP contribution in [0.5, 0.6) is 11.5 Å². The second-order valence-corrected chi connectivity index (χ2v) is 4.06. The molecule has 3 rings (SSSR count). The summed E-state index contributed by atoms with van der Waals surface area (Å²) in [6.07, 6.45) is 1.75. The Morgan fingerprint density at radius 3 is 2.50 bits per heavy atom. The Morgan fingerprint density at radius 2 is 1.67 bits per heavy atom. The fourth-order valence-corrected chi connectivity index (χ4v) is 1.93. The van der Waals surface area contributed by atoms with Gasteiger partial charge in [-0.1, -0.05) is 35.0 Å². The van der Waals surface area contributed by atoms with Gasteiger partial charge in [0.2, 0.25) is 5.52 Å². The molecule has 3 heteroatoms. The van der Waals surface area contributed by atoms with Crippen LogP contribution in [0.3, 0.4) is 0 Å². The maximum Gasteiger partial charge on any atom is 0.242 e. The predicted molar refractivity (Wildman–Crippen MR) is 69.4 cm³/mol. The molecule has 0 N–H and O–H groups in total. The van der Waals surface area contributed by atoms with E-state index < -0.39 is 0 Å². The lowest BCUT2D eigenvalue weighted by Gasteiger charge is -2.06. The van der Waals surface area contributed by atoms with Gasteiger partial charge in [-0.3, -0.25) is 0 Å². The van der Waals surface area contributed by atoms with Crippen molar-refractivity contribution >= 4 is 10.9 Å². The highest BCUT2D eigenvalue weighted by molar-refractivity contribution is 5.82. The van der Waals surface area contributed by atoms with E-state index >= 15 is 0 Å². The summed E-state index contributed by atoms with van der Waals surface area (Å²) in [6, 6.07) is 17.8. The van der Waals surface area contributed by atoms with Gasteiger partial charge in [-0.25, -0.2) is 0 Å². The highest BCUT2D eigenvalue weighted by Crippen LogP contribution is 2.26. The molecule has 0 aliphatic rings. The van der Waals surface area contributed by atoms with Gasteiger partial charge in [-0.2, -0.15) is 0 Å². The summed E-state index contributed by atoms with van der Waals surface area (Å²) < 4.78 is 7.71. The molecule has 0 spiro atoms. The van der Waals surface area contributed by atoms with E-state index in [2.05, 4.69) is 5.10 Å². The number of rotatable bonds is 2. The van der Waals surface area contributed by atoms with Crippen molar-refractivity contribution in [2.24, 2.45) is 7.05 Å². The zero-order valence-electron chi connectivity index (χ0n) is 10.1. The van der Waals surface area contributed by atoms with Gasteiger partial charge in [-0.15, -0.1) is 0 Å². The summed E-state index contributed by atoms with van der Waals surface area (Å²) in [5.41, 5.74) is 1.05. The van der Waals surface area contributed by atoms with Crippen LogP contribution in [0.1, 0.15) is 0 Å². The van der Waals surface area contributed by atoms with Crippen molar-refractivity contribution in [3.63, 3.8) is 0 Å². The normalized spacial score (nSPS) is 10.5. The molecule has 0 bridgehead atoms. The Labute approximate surface area is 105 Å². The van der Waals surface area contributed by atoms with Crippen LogP contribution in [0.15, 0.2) is 60.8 Å². The quantitative estimate of drug-likeness (QED) is 0.640. The molecule has 0 atom stereocenters. The second kappa shape index (κ2) is 4.45. The van der Waals surface area contributed by atoms with Gasteiger partial charge in [0.05, 0.1) is 5.39 Å². The molecule has 0 radical (unpaired) electrons. The smallest absolute Gasteiger partial charge is 0.242 e. The van der Waals surface area contributed by atoms with Crippen LogP contribution in [0.4, 0.5) is 0 Å². The average Bonchev–Trinajstić information content (AvgIpc) is 2.44. The van der Waals surface area contributed by atoms with Crippen LogP contribution in [0.25, 0.3) is 10.9 Å². The van der Waals surface area contributed by atoms with E-state index in [0.29, 0.717) is 0 Å². The van der Waals surface area contributed by atoms with E-state index in [1.807, 2.05) is 66.3 Å². The maximum absolute atomic E-state index is 5.87. The van der Waals surface area contributed by atoms with Crippen LogP contribution in [0, 0.1) is 0 Å². The van der Waals surface area contributed by atoms with Crippen LogP contribution >= 0.6 is 0 Å². The highest BCUT2D eigenvalue weighted by Gasteiger charge is 2.11. The number of ether oxygens (including phenoxy) is 1. The summed E-state index contributed by atoms with van der Waals surface area (Å²) in [6.45, 7) is 0. The topological polar surface area (TPSA) is 26.0 Å².